The molecule has 9 rings (SSSR count). The molecule has 0 unspecified atom stereocenters. The molecular formula is C47H37N3S. The van der Waals surface area contributed by atoms with Crippen molar-refractivity contribution in [2.45, 2.75) is 33.0 Å². The van der Waals surface area contributed by atoms with Crippen LogP contribution in [0.5, 0.6) is 0 Å². The Bertz CT molecular complexity index is 2770. The van der Waals surface area contributed by atoms with E-state index in [1.807, 2.05) is 18.2 Å². The zero-order valence-electron chi connectivity index (χ0n) is 31.7. The summed E-state index contributed by atoms with van der Waals surface area (Å²) in [5, 5.41) is 2.20. The van der Waals surface area contributed by atoms with E-state index in [1.165, 1.54) is 5.56 Å². The van der Waals surface area contributed by atoms with Gasteiger partial charge in [-0.25, -0.2) is 9.97 Å². The zero-order valence-corrected chi connectivity index (χ0v) is 29.5. The van der Waals surface area contributed by atoms with E-state index < -0.39 is 6.85 Å². The van der Waals surface area contributed by atoms with Gasteiger partial charge in [-0.05, 0) is 71.4 Å². The van der Waals surface area contributed by atoms with Gasteiger partial charge in [-0.3, -0.25) is 4.57 Å². The van der Waals surface area contributed by atoms with Crippen molar-refractivity contribution < 1.29 is 4.11 Å². The Morgan fingerprint density at radius 3 is 1.92 bits per heavy atom. The van der Waals surface area contributed by atoms with Crippen LogP contribution in [-0.4, -0.2) is 14.5 Å². The minimum atomic E-state index is -2.15. The second-order valence-corrected chi connectivity index (χ2v) is 15.1. The average Bonchev–Trinajstić information content (AvgIpc) is 3.76. The monoisotopic (exact) mass is 678 g/mol. The average molecular weight is 679 g/mol. The topological polar surface area (TPSA) is 30.7 Å². The minimum absolute atomic E-state index is 0.0859. The van der Waals surface area contributed by atoms with Crippen LogP contribution in [0.15, 0.2) is 152 Å². The third-order valence-electron chi connectivity index (χ3n) is 9.72. The highest BCUT2D eigenvalue weighted by atomic mass is 32.1. The van der Waals surface area contributed by atoms with Crippen molar-refractivity contribution in [1.82, 2.24) is 14.5 Å². The van der Waals surface area contributed by atoms with Crippen LogP contribution < -0.4 is 0 Å². The number of hydrogen-bond donors (Lipinski definition) is 0. The minimum Gasteiger partial charge on any atom is -0.291 e. The number of nitrogens with zero attached hydrogens (tertiary/aromatic N) is 3. The van der Waals surface area contributed by atoms with Crippen LogP contribution >= 0.6 is 11.3 Å². The van der Waals surface area contributed by atoms with E-state index in [1.54, 1.807) is 23.5 Å². The van der Waals surface area contributed by atoms with Gasteiger partial charge in [-0.1, -0.05) is 136 Å². The van der Waals surface area contributed by atoms with E-state index in [0.29, 0.717) is 5.56 Å². The molecule has 51 heavy (non-hydrogen) atoms. The Kier molecular flexibility index (Phi) is 6.67. The standard InChI is InChI=1S/C47H37N3S/c1-30-22-24-33(25-23-30)40-27-26-36-35-18-13-19-37(44(35)51-46(36)49-40)45-48-41-20-11-12-21-42(41)50(45)43-38(31-14-7-5-8-15-31)28-34(47(2,3)4)29-39(43)32-16-9-6-10-17-32/h5-29H,1-4H3/i1D3. The molecule has 3 heterocycles. The lowest BCUT2D eigenvalue weighted by Gasteiger charge is -2.26. The van der Waals surface area contributed by atoms with Crippen LogP contribution in [0.2, 0.25) is 0 Å². The molecule has 0 radical (unpaired) electrons. The van der Waals surface area contributed by atoms with Gasteiger partial charge >= 0.3 is 0 Å². The first-order valence-corrected chi connectivity index (χ1v) is 18.1. The molecule has 4 heteroatoms. The van der Waals surface area contributed by atoms with Crippen molar-refractivity contribution >= 4 is 42.7 Å². The molecule has 0 saturated carbocycles. The normalized spacial score (nSPS) is 13.0. The van der Waals surface area contributed by atoms with Crippen molar-refractivity contribution in [3.63, 3.8) is 0 Å². The molecule has 3 aromatic heterocycles. The third-order valence-corrected chi connectivity index (χ3v) is 10.9. The van der Waals surface area contributed by atoms with E-state index in [2.05, 4.69) is 147 Å². The van der Waals surface area contributed by atoms with Crippen molar-refractivity contribution in [1.29, 1.82) is 0 Å². The molecule has 0 atom stereocenters. The highest BCUT2D eigenvalue weighted by Gasteiger charge is 2.26. The summed E-state index contributed by atoms with van der Waals surface area (Å²) in [5.41, 5.74) is 11.8. The number of fused-ring (bicyclic) bond motifs is 4. The van der Waals surface area contributed by atoms with Gasteiger partial charge in [0.1, 0.15) is 10.7 Å². The molecule has 0 fully saturated rings. The molecule has 0 aliphatic heterocycles. The summed E-state index contributed by atoms with van der Waals surface area (Å²) in [5.74, 6) is 0.867. The Balaban J connectivity index is 1.32. The number of pyridine rings is 1. The van der Waals surface area contributed by atoms with Crippen molar-refractivity contribution in [2.24, 2.45) is 0 Å². The molecule has 0 aliphatic carbocycles. The van der Waals surface area contributed by atoms with E-state index in [0.717, 1.165) is 81.9 Å². The summed E-state index contributed by atoms with van der Waals surface area (Å²) in [6.07, 6.45) is 0. The van der Waals surface area contributed by atoms with Gasteiger partial charge in [0.15, 0.2) is 0 Å². The fraction of sp³-hybridized carbons (Fsp3) is 0.106. The van der Waals surface area contributed by atoms with Gasteiger partial charge in [0.05, 0.1) is 22.4 Å². The quantitative estimate of drug-likeness (QED) is 0.181. The Morgan fingerprint density at radius 1 is 0.588 bits per heavy atom. The van der Waals surface area contributed by atoms with E-state index in [9.17, 15) is 0 Å². The van der Waals surface area contributed by atoms with Crippen molar-refractivity contribution in [3.05, 3.63) is 163 Å². The predicted molar refractivity (Wildman–Crippen MR) is 217 cm³/mol. The zero-order chi connectivity index (χ0) is 37.2. The second-order valence-electron chi connectivity index (χ2n) is 14.1. The maximum Gasteiger partial charge on any atom is 0.147 e. The fourth-order valence-corrected chi connectivity index (χ4v) is 8.26. The van der Waals surface area contributed by atoms with Gasteiger partial charge < -0.3 is 0 Å². The number of hydrogen-bond acceptors (Lipinski definition) is 3. The summed E-state index contributed by atoms with van der Waals surface area (Å²) in [7, 11) is 0. The third kappa shape index (κ3) is 5.44. The van der Waals surface area contributed by atoms with Gasteiger partial charge in [-0.15, -0.1) is 11.3 Å². The maximum absolute atomic E-state index is 7.77. The van der Waals surface area contributed by atoms with E-state index in [4.69, 9.17) is 14.1 Å². The summed E-state index contributed by atoms with van der Waals surface area (Å²) in [6, 6.07) is 52.2. The van der Waals surface area contributed by atoms with Crippen LogP contribution in [0.4, 0.5) is 0 Å². The summed E-state index contributed by atoms with van der Waals surface area (Å²) in [6.45, 7) is 4.68. The lowest BCUT2D eigenvalue weighted by molar-refractivity contribution is 0.590. The highest BCUT2D eigenvalue weighted by Crippen LogP contribution is 2.45. The Labute approximate surface area is 306 Å². The van der Waals surface area contributed by atoms with Crippen LogP contribution in [-0.2, 0) is 5.41 Å². The molecule has 0 N–H and O–H groups in total. The number of benzene rings is 6. The number of rotatable bonds is 5. The largest absolute Gasteiger partial charge is 0.291 e. The fourth-order valence-electron chi connectivity index (χ4n) is 7.07. The lowest BCUT2D eigenvalue weighted by Crippen LogP contribution is -2.13. The van der Waals surface area contributed by atoms with Crippen LogP contribution in [0.3, 0.4) is 0 Å². The first-order chi connectivity index (χ1) is 26.0. The van der Waals surface area contributed by atoms with Crippen molar-refractivity contribution in [3.8, 4) is 50.6 Å². The van der Waals surface area contributed by atoms with Crippen LogP contribution in [0.25, 0.3) is 81.9 Å². The molecule has 0 bridgehead atoms. The van der Waals surface area contributed by atoms with Gasteiger partial charge in [-0.2, -0.15) is 0 Å². The lowest BCUT2D eigenvalue weighted by atomic mass is 9.82. The number of aromatic nitrogens is 3. The summed E-state index contributed by atoms with van der Waals surface area (Å²) >= 11 is 1.67. The van der Waals surface area contributed by atoms with Gasteiger partial charge in [0.2, 0.25) is 0 Å². The first-order valence-electron chi connectivity index (χ1n) is 18.8. The molecular weight excluding hydrogens is 639 g/mol. The molecule has 0 amide bonds. The molecule has 9 aromatic rings. The van der Waals surface area contributed by atoms with Gasteiger partial charge in [0, 0.05) is 41.8 Å². The molecule has 0 aliphatic rings. The Hall–Kier alpha value is -5.84. The molecule has 3 nitrogen and oxygen atoms in total. The van der Waals surface area contributed by atoms with E-state index >= 15 is 0 Å². The predicted octanol–water partition coefficient (Wildman–Crippen LogP) is 13.1. The first kappa shape index (κ1) is 27.9. The molecule has 6 aromatic carbocycles. The van der Waals surface area contributed by atoms with Crippen molar-refractivity contribution in [2.75, 3.05) is 0 Å². The van der Waals surface area contributed by atoms with E-state index in [-0.39, 0.29) is 5.41 Å². The Morgan fingerprint density at radius 2 is 1.25 bits per heavy atom. The van der Waals surface area contributed by atoms with Crippen LogP contribution in [0.1, 0.15) is 36.0 Å². The molecule has 0 saturated heterocycles. The number of aryl methyl sites for hydroxylation is 1. The molecule has 0 spiro atoms. The van der Waals surface area contributed by atoms with Gasteiger partial charge in [0.25, 0.3) is 0 Å². The summed E-state index contributed by atoms with van der Waals surface area (Å²) < 4.78 is 26.8. The number of para-hydroxylation sites is 2. The smallest absolute Gasteiger partial charge is 0.147 e. The maximum atomic E-state index is 7.77. The molecule has 246 valence electrons. The number of thiophene rings is 1. The second kappa shape index (κ2) is 12.2. The summed E-state index contributed by atoms with van der Waals surface area (Å²) in [4.78, 5) is 11.5. The van der Waals surface area contributed by atoms with Crippen LogP contribution in [0, 0.1) is 6.85 Å². The number of imidazole rings is 1. The highest BCUT2D eigenvalue weighted by molar-refractivity contribution is 7.26. The SMILES string of the molecule is [2H]C([2H])([2H])c1ccc(-c2ccc3c(n2)sc2c(-c4nc5ccccc5n4-c4c(-c5ccccc5)cc(C(C)(C)C)cc4-c4ccccc4)cccc23)cc1.